The van der Waals surface area contributed by atoms with E-state index in [0.29, 0.717) is 0 Å². The Bertz CT molecular complexity index is 1130. The van der Waals surface area contributed by atoms with Gasteiger partial charge in [-0.3, -0.25) is 14.5 Å². The van der Waals surface area contributed by atoms with Crippen LogP contribution in [-0.4, -0.2) is 47.2 Å². The van der Waals surface area contributed by atoms with Crippen molar-refractivity contribution in [1.29, 1.82) is 0 Å². The van der Waals surface area contributed by atoms with Crippen LogP contribution in [0.3, 0.4) is 0 Å². The second-order valence-corrected chi connectivity index (χ2v) is 9.32. The maximum atomic E-state index is 13.0. The number of hydrogen-bond acceptors (Lipinski definition) is 5. The number of nitrogens with zero attached hydrogens (tertiary/aromatic N) is 1. The lowest BCUT2D eigenvalue weighted by molar-refractivity contribution is -0.274. The summed E-state index contributed by atoms with van der Waals surface area (Å²) >= 11 is 6.32. The molecule has 7 nitrogen and oxygen atoms in total. The molecule has 1 fully saturated rings. The number of ketones is 1. The highest BCUT2D eigenvalue weighted by Gasteiger charge is 2.38. The summed E-state index contributed by atoms with van der Waals surface area (Å²) in [6.07, 6.45) is -5.64. The molecule has 0 aromatic heterocycles. The van der Waals surface area contributed by atoms with Gasteiger partial charge in [0.05, 0.1) is 5.02 Å². The van der Waals surface area contributed by atoms with E-state index in [1.54, 1.807) is 20.8 Å². The van der Waals surface area contributed by atoms with E-state index in [9.17, 15) is 27.6 Å². The monoisotopic (exact) mass is 512 g/mol. The molecule has 0 aliphatic carbocycles. The summed E-state index contributed by atoms with van der Waals surface area (Å²) < 4.78 is 47.7. The SMILES string of the molecule is CC(C)(C)OC(=O)N1CCC(=O)C[C@@H]1C(=O)Nc1ccc(-c2ccccc2OC(F)(F)F)c(Cl)c1. The number of alkyl halides is 3. The first-order valence-electron chi connectivity index (χ1n) is 10.7. The average Bonchev–Trinajstić information content (AvgIpc) is 2.72. The lowest BCUT2D eigenvalue weighted by Crippen LogP contribution is -2.53. The van der Waals surface area contributed by atoms with Crippen LogP contribution >= 0.6 is 11.6 Å². The zero-order chi connectivity index (χ0) is 26.0. The van der Waals surface area contributed by atoms with Crippen molar-refractivity contribution in [3.8, 4) is 16.9 Å². The molecule has 1 N–H and O–H groups in total. The van der Waals surface area contributed by atoms with Gasteiger partial charge in [0.1, 0.15) is 23.2 Å². The Hall–Kier alpha value is -3.27. The number of piperidine rings is 1. The van der Waals surface area contributed by atoms with Crippen LogP contribution in [0.1, 0.15) is 33.6 Å². The molecule has 188 valence electrons. The summed E-state index contributed by atoms with van der Waals surface area (Å²) in [6.45, 7) is 5.12. The molecule has 1 heterocycles. The number of Topliss-reactive ketones (excluding diaryl/α,β-unsaturated/α-hetero) is 1. The Morgan fingerprint density at radius 1 is 1.09 bits per heavy atom. The number of amides is 2. The number of para-hydroxylation sites is 1. The number of carbonyl (C=O) groups excluding carboxylic acids is 3. The highest BCUT2D eigenvalue weighted by atomic mass is 35.5. The number of carbonyl (C=O) groups is 3. The van der Waals surface area contributed by atoms with E-state index in [-0.39, 0.29) is 47.0 Å². The molecule has 11 heteroatoms. The average molecular weight is 513 g/mol. The van der Waals surface area contributed by atoms with E-state index in [1.165, 1.54) is 47.4 Å². The maximum Gasteiger partial charge on any atom is 0.573 e. The third-order valence-corrected chi connectivity index (χ3v) is 5.31. The van der Waals surface area contributed by atoms with Crippen molar-refractivity contribution in [2.45, 2.75) is 51.6 Å². The summed E-state index contributed by atoms with van der Waals surface area (Å²) in [5.74, 6) is -1.21. The Balaban J connectivity index is 1.81. The standard InChI is InChI=1S/C24H24ClF3N2O5/c1-23(2,3)35-22(33)30-11-10-15(31)13-19(30)21(32)29-14-8-9-16(18(25)12-14)17-6-4-5-7-20(17)34-24(26,27)28/h4-9,12,19H,10-11,13H2,1-3H3,(H,29,32)/t19-/m1/s1. The first-order valence-corrected chi connectivity index (χ1v) is 11.1. The molecule has 1 atom stereocenters. The maximum absolute atomic E-state index is 13.0. The predicted octanol–water partition coefficient (Wildman–Crippen LogP) is 5.81. The van der Waals surface area contributed by atoms with Crippen molar-refractivity contribution in [1.82, 2.24) is 4.90 Å². The normalized spacial score (nSPS) is 16.6. The fourth-order valence-corrected chi connectivity index (χ4v) is 3.82. The number of halogens is 4. The molecule has 0 bridgehead atoms. The number of ether oxygens (including phenoxy) is 2. The molecular weight excluding hydrogens is 489 g/mol. The van der Waals surface area contributed by atoms with Gasteiger partial charge < -0.3 is 14.8 Å². The van der Waals surface area contributed by atoms with Crippen molar-refractivity contribution in [3.63, 3.8) is 0 Å². The van der Waals surface area contributed by atoms with Gasteiger partial charge >= 0.3 is 12.5 Å². The third-order valence-electron chi connectivity index (χ3n) is 5.00. The van der Waals surface area contributed by atoms with Crippen LogP contribution in [0.4, 0.5) is 23.7 Å². The number of benzene rings is 2. The zero-order valence-electron chi connectivity index (χ0n) is 19.2. The smallest absolute Gasteiger partial charge is 0.444 e. The fraction of sp³-hybridized carbons (Fsp3) is 0.375. The van der Waals surface area contributed by atoms with Gasteiger partial charge in [0.15, 0.2) is 0 Å². The predicted molar refractivity (Wildman–Crippen MR) is 123 cm³/mol. The molecule has 35 heavy (non-hydrogen) atoms. The first-order chi connectivity index (χ1) is 16.2. The molecule has 2 amide bonds. The number of rotatable bonds is 4. The van der Waals surface area contributed by atoms with E-state index >= 15 is 0 Å². The molecule has 0 saturated carbocycles. The van der Waals surface area contributed by atoms with E-state index in [0.717, 1.165) is 0 Å². The van der Waals surface area contributed by atoms with Crippen LogP contribution in [0.25, 0.3) is 11.1 Å². The Morgan fingerprint density at radius 3 is 2.40 bits per heavy atom. The molecule has 1 aliphatic rings. The van der Waals surface area contributed by atoms with Gasteiger partial charge in [-0.15, -0.1) is 13.2 Å². The van der Waals surface area contributed by atoms with Crippen molar-refractivity contribution in [2.75, 3.05) is 11.9 Å². The van der Waals surface area contributed by atoms with E-state index < -0.39 is 35.8 Å². The van der Waals surface area contributed by atoms with Crippen molar-refractivity contribution in [2.24, 2.45) is 0 Å². The van der Waals surface area contributed by atoms with Gasteiger partial charge in [-0.2, -0.15) is 0 Å². The highest BCUT2D eigenvalue weighted by molar-refractivity contribution is 6.33. The third kappa shape index (κ3) is 7.11. The minimum Gasteiger partial charge on any atom is -0.444 e. The number of nitrogens with one attached hydrogen (secondary N) is 1. The highest BCUT2D eigenvalue weighted by Crippen LogP contribution is 2.38. The molecule has 2 aromatic carbocycles. The van der Waals surface area contributed by atoms with Crippen LogP contribution in [0.2, 0.25) is 5.02 Å². The quantitative estimate of drug-likeness (QED) is 0.558. The second-order valence-electron chi connectivity index (χ2n) is 8.91. The Morgan fingerprint density at radius 2 is 1.77 bits per heavy atom. The summed E-state index contributed by atoms with van der Waals surface area (Å²) in [7, 11) is 0. The zero-order valence-corrected chi connectivity index (χ0v) is 20.0. The van der Waals surface area contributed by atoms with E-state index in [1.807, 2.05) is 0 Å². The molecule has 2 aromatic rings. The van der Waals surface area contributed by atoms with Crippen molar-refractivity contribution in [3.05, 3.63) is 47.5 Å². The molecule has 0 spiro atoms. The van der Waals surface area contributed by atoms with Gasteiger partial charge in [-0.25, -0.2) is 4.79 Å². The Labute approximate surface area is 205 Å². The van der Waals surface area contributed by atoms with E-state index in [4.69, 9.17) is 16.3 Å². The molecule has 0 unspecified atom stereocenters. The number of anilines is 1. The molecule has 1 aliphatic heterocycles. The number of hydrogen-bond donors (Lipinski definition) is 1. The van der Waals surface area contributed by atoms with Gasteiger partial charge in [-0.1, -0.05) is 35.9 Å². The van der Waals surface area contributed by atoms with Crippen LogP contribution in [0, 0.1) is 0 Å². The van der Waals surface area contributed by atoms with Gasteiger partial charge in [0.25, 0.3) is 0 Å². The molecule has 3 rings (SSSR count). The minimum absolute atomic E-state index is 0.0432. The van der Waals surface area contributed by atoms with Crippen LogP contribution < -0.4 is 10.1 Å². The summed E-state index contributed by atoms with van der Waals surface area (Å²) in [5, 5.41) is 2.68. The molecule has 0 radical (unpaired) electrons. The largest absolute Gasteiger partial charge is 0.573 e. The van der Waals surface area contributed by atoms with Crippen LogP contribution in [0.5, 0.6) is 5.75 Å². The summed E-state index contributed by atoms with van der Waals surface area (Å²) in [5.41, 5.74) is -0.177. The number of likely N-dealkylation sites (tertiary alicyclic amines) is 1. The molecular formula is C24H24ClF3N2O5. The Kier molecular flexibility index (Phi) is 7.64. The summed E-state index contributed by atoms with van der Waals surface area (Å²) in [6, 6.07) is 8.70. The first kappa shape index (κ1) is 26.3. The van der Waals surface area contributed by atoms with Gasteiger partial charge in [0, 0.05) is 36.2 Å². The lowest BCUT2D eigenvalue weighted by atomic mass is 10.00. The topological polar surface area (TPSA) is 84.9 Å². The lowest BCUT2D eigenvalue weighted by Gasteiger charge is -2.35. The van der Waals surface area contributed by atoms with Gasteiger partial charge in [0.2, 0.25) is 5.91 Å². The minimum atomic E-state index is -4.88. The summed E-state index contributed by atoms with van der Waals surface area (Å²) in [4.78, 5) is 38.8. The van der Waals surface area contributed by atoms with Crippen LogP contribution in [0.15, 0.2) is 42.5 Å². The van der Waals surface area contributed by atoms with E-state index in [2.05, 4.69) is 10.1 Å². The second kappa shape index (κ2) is 10.2. The van der Waals surface area contributed by atoms with Crippen molar-refractivity contribution >= 4 is 35.1 Å². The van der Waals surface area contributed by atoms with Crippen molar-refractivity contribution < 1.29 is 37.0 Å². The molecule has 1 saturated heterocycles. The fourth-order valence-electron chi connectivity index (χ4n) is 3.54. The van der Waals surface area contributed by atoms with Crippen LogP contribution in [-0.2, 0) is 14.3 Å². The van der Waals surface area contributed by atoms with Gasteiger partial charge in [-0.05, 0) is 39.0 Å².